The molecule has 0 aliphatic rings. The molecule has 0 N–H and O–H groups in total. The first-order valence-electron chi connectivity index (χ1n) is 0. The molecule has 0 saturated heterocycles. The number of rotatable bonds is 0. The minimum absolute atomic E-state index is 0. The Kier molecular flexibility index (Phi) is 710. The quantitative estimate of drug-likeness (QED) is 0.252. The second kappa shape index (κ2) is 71.3. The molecule has 0 atom stereocenters. The molecule has 0 spiro atoms. The van der Waals surface area contributed by atoms with Crippen LogP contribution >= 0.6 is 0 Å². The van der Waals surface area contributed by atoms with Crippen LogP contribution in [-0.2, 0) is 92.4 Å². The number of hydrogen-bond donors (Lipinski definition) is 0. The zero-order valence-electron chi connectivity index (χ0n) is 2.95. The van der Waals surface area contributed by atoms with Crippen LogP contribution in [0, 0.1) is 0 Å². The van der Waals surface area contributed by atoms with E-state index in [0.29, 0.717) is 0 Å². The molecule has 4 radical (unpaired) electrons. The zero-order chi connectivity index (χ0) is 0. The maximum atomic E-state index is 0. The van der Waals surface area contributed by atoms with E-state index < -0.39 is 0 Å². The van der Waals surface area contributed by atoms with Gasteiger partial charge in [-0.1, -0.05) is 0 Å². The average molecular weight is 585 g/mol. The summed E-state index contributed by atoms with van der Waals surface area (Å²) in [6, 6.07) is 0. The minimum atomic E-state index is 0. The van der Waals surface area contributed by atoms with Gasteiger partial charge < -0.3 is 0 Å². The molecule has 0 aliphatic heterocycles. The second-order valence-corrected chi connectivity index (χ2v) is 0. The van der Waals surface area contributed by atoms with Crippen LogP contribution in [0.15, 0.2) is 0 Å². The molecule has 56 valence electrons. The normalized spacial score (nSPS) is 0. The van der Waals surface area contributed by atoms with Crippen molar-refractivity contribution in [3.63, 3.8) is 0 Å². The third kappa shape index (κ3) is 60.2. The van der Waals surface area contributed by atoms with E-state index in [1.807, 2.05) is 0 Å². The van der Waals surface area contributed by atoms with E-state index in [9.17, 15) is 0 Å². The van der Waals surface area contributed by atoms with Crippen LogP contribution in [0.5, 0.6) is 0 Å². The van der Waals surface area contributed by atoms with Gasteiger partial charge in [0.25, 0.3) is 0 Å². The van der Waals surface area contributed by atoms with Crippen LogP contribution in [0.25, 0.3) is 0 Å². The summed E-state index contributed by atoms with van der Waals surface area (Å²) in [5.74, 6) is 0. The van der Waals surface area contributed by atoms with Gasteiger partial charge in [0.15, 0.2) is 17.4 Å². The summed E-state index contributed by atoms with van der Waals surface area (Å²) in [5.41, 5.74) is 0. The molecule has 0 aromatic rings. The Labute approximate surface area is 167 Å². The van der Waals surface area contributed by atoms with Gasteiger partial charge >= 0.3 is 50.4 Å². The van der Waals surface area contributed by atoms with Crippen LogP contribution in [0.4, 0.5) is 0 Å². The molecule has 0 bridgehead atoms. The largest absolute Gasteiger partial charge is 0.0149 e. The molecule has 0 saturated carbocycles. The number of hydrogen-bond acceptors (Lipinski definition) is 0. The van der Waals surface area contributed by atoms with E-state index >= 15 is 0 Å². The van der Waals surface area contributed by atoms with E-state index in [1.165, 1.54) is 0 Å². The maximum absolute atomic E-state index is 0. The molecule has 0 amide bonds. The minimum Gasteiger partial charge on any atom is -0.0149 e. The Morgan fingerprint density at radius 1 is 1.00 bits per heavy atom. The van der Waals surface area contributed by atoms with Crippen molar-refractivity contribution in [1.29, 1.82) is 0 Å². The molecule has 9 heteroatoms. The van der Waals surface area contributed by atoms with Crippen LogP contribution in [0.3, 0.4) is 0 Å². The van der Waals surface area contributed by atoms with Crippen molar-refractivity contribution >= 4 is 78.7 Å². The fourth-order valence-corrected chi connectivity index (χ4v) is 0. The van der Waals surface area contributed by atoms with Gasteiger partial charge in [-0.05, 0) is 11.0 Å². The van der Waals surface area contributed by atoms with Crippen LogP contribution in [0.1, 0.15) is 0 Å². The summed E-state index contributed by atoms with van der Waals surface area (Å²) in [6.45, 7) is 0. The van der Waals surface area contributed by atoms with E-state index in [-0.39, 0.29) is 171 Å². The van der Waals surface area contributed by atoms with E-state index in [4.69, 9.17) is 0 Å². The van der Waals surface area contributed by atoms with Gasteiger partial charge in [0.1, 0.15) is 0 Å². The monoisotopic (exact) mass is 584 g/mol. The third-order valence-electron chi connectivity index (χ3n) is 0. The Balaban J connectivity index is 0. The van der Waals surface area contributed by atoms with Crippen LogP contribution < -0.4 is 0 Å². The molecule has 0 rings (SSSR count). The van der Waals surface area contributed by atoms with Crippen molar-refractivity contribution in [3.05, 3.63) is 0 Å². The SMILES string of the molecule is [AlH3].[Cu].[Fe].[MgH2].[Mn].[PbH2].[SiH4].[Ti].[Zn]. The topological polar surface area (TPSA) is 0 Å². The third-order valence-corrected chi connectivity index (χ3v) is 0. The fourth-order valence-electron chi connectivity index (χ4n) is 0. The fraction of sp³-hybridized carbons (Fsp3) is 0. The van der Waals surface area contributed by atoms with Gasteiger partial charge in [0.2, 0.25) is 0 Å². The summed E-state index contributed by atoms with van der Waals surface area (Å²) < 4.78 is 0. The van der Waals surface area contributed by atoms with Crippen molar-refractivity contribution in [2.45, 2.75) is 0 Å². The van der Waals surface area contributed by atoms with Gasteiger partial charge in [-0.25, -0.2) is 0 Å². The Bertz CT molecular complexity index is 28.5. The first-order valence-corrected chi connectivity index (χ1v) is 0. The van der Waals surface area contributed by atoms with Crippen LogP contribution in [0.2, 0.25) is 0 Å². The van der Waals surface area contributed by atoms with Gasteiger partial charge in [-0.3, -0.25) is 0 Å². The second-order valence-electron chi connectivity index (χ2n) is 0. The van der Waals surface area contributed by atoms with Crippen LogP contribution in [-0.4, -0.2) is 78.7 Å². The zero-order valence-corrected chi connectivity index (χ0v) is 16.2. The first kappa shape index (κ1) is 89.6. The summed E-state index contributed by atoms with van der Waals surface area (Å²) in [4.78, 5) is 0. The molecule has 0 aromatic heterocycles. The smallest absolute Gasteiger partial charge is 0 e. The predicted molar refractivity (Wildman–Crippen MR) is 38.4 cm³/mol. The first-order chi connectivity index (χ1) is 0. The van der Waals surface area contributed by atoms with Crippen molar-refractivity contribution in [2.24, 2.45) is 0 Å². The van der Waals surface area contributed by atoms with Gasteiger partial charge in [-0.15, -0.1) is 0 Å². The van der Waals surface area contributed by atoms with Crippen molar-refractivity contribution in [3.8, 4) is 0 Å². The molecule has 9 heavy (non-hydrogen) atoms. The maximum Gasteiger partial charge on any atom is 0 e. The standard InChI is InChI=1S/Al.Cu.Fe.Mg.Mn.Pb.H4Si.Ti.Zn.7H/h;;;;;;1H4;;;;;;;;;. The summed E-state index contributed by atoms with van der Waals surface area (Å²) >= 11 is 0. The van der Waals surface area contributed by atoms with E-state index in [1.54, 1.807) is 0 Å². The molecule has 0 fully saturated rings. The summed E-state index contributed by atoms with van der Waals surface area (Å²) in [5, 5.41) is 0. The van der Waals surface area contributed by atoms with Crippen molar-refractivity contribution in [1.82, 2.24) is 0 Å². The van der Waals surface area contributed by atoms with Gasteiger partial charge in [0, 0.05) is 92.4 Å². The predicted octanol–water partition coefficient (Wildman–Crippen LogP) is -4.48. The van der Waals surface area contributed by atoms with Gasteiger partial charge in [0.05, 0.1) is 0 Å². The summed E-state index contributed by atoms with van der Waals surface area (Å²) in [6.07, 6.45) is 0. The van der Waals surface area contributed by atoms with Crippen molar-refractivity contribution < 1.29 is 92.4 Å². The van der Waals surface area contributed by atoms with E-state index in [0.717, 1.165) is 0 Å². The van der Waals surface area contributed by atoms with Gasteiger partial charge in [-0.2, -0.15) is 0 Å². The Hall–Kier alpha value is 5.33. The average Bonchev–Trinajstić information content (AvgIpc) is 0. The molecule has 0 unspecified atom stereocenters. The molecule has 0 heterocycles. The Morgan fingerprint density at radius 2 is 1.00 bits per heavy atom. The van der Waals surface area contributed by atoms with Crippen molar-refractivity contribution in [2.75, 3.05) is 0 Å². The molecular weight excluding hydrogens is 574 g/mol. The Morgan fingerprint density at radius 3 is 1.00 bits per heavy atom. The molecular formula is H11AlCuFeMgMnPbSiTiZn. The molecule has 0 aliphatic carbocycles. The molecule has 0 nitrogen and oxygen atoms in total. The summed E-state index contributed by atoms with van der Waals surface area (Å²) in [7, 11) is 0. The van der Waals surface area contributed by atoms with E-state index in [2.05, 4.69) is 0 Å². The molecule has 0 aromatic carbocycles.